The molecule has 0 fully saturated rings. The smallest absolute Gasteiger partial charge is 0.261 e. The van der Waals surface area contributed by atoms with Crippen LogP contribution in [0.15, 0.2) is 60.7 Å². The van der Waals surface area contributed by atoms with Crippen LogP contribution in [0.2, 0.25) is 0 Å². The van der Waals surface area contributed by atoms with Gasteiger partial charge in [-0.3, -0.25) is 4.79 Å². The van der Waals surface area contributed by atoms with E-state index >= 15 is 0 Å². The molecule has 1 amide bonds. The third-order valence-electron chi connectivity index (χ3n) is 3.20. The zero-order valence-corrected chi connectivity index (χ0v) is 12.6. The van der Waals surface area contributed by atoms with Gasteiger partial charge in [-0.2, -0.15) is 0 Å². The zero-order chi connectivity index (χ0) is 15.5. The Bertz CT molecular complexity index is 561. The van der Waals surface area contributed by atoms with Crippen LogP contribution in [0.4, 0.5) is 0 Å². The van der Waals surface area contributed by atoms with Crippen molar-refractivity contribution in [2.75, 3.05) is 0 Å². The Morgan fingerprint density at radius 1 is 0.857 bits per heavy atom. The molecule has 110 valence electrons. The van der Waals surface area contributed by atoms with E-state index in [1.54, 1.807) is 24.3 Å². The minimum Gasteiger partial charge on any atom is -0.372 e. The van der Waals surface area contributed by atoms with Gasteiger partial charge in [0.1, 0.15) is 0 Å². The van der Waals surface area contributed by atoms with Gasteiger partial charge in [0, 0.05) is 5.54 Å². The highest BCUT2D eigenvalue weighted by atomic mass is 16.3. The lowest BCUT2D eigenvalue weighted by atomic mass is 9.85. The first-order chi connectivity index (χ1) is 9.84. The number of rotatable bonds is 3. The van der Waals surface area contributed by atoms with E-state index in [1.807, 2.05) is 57.2 Å². The van der Waals surface area contributed by atoms with Crippen LogP contribution < -0.4 is 5.32 Å². The lowest BCUT2D eigenvalue weighted by Gasteiger charge is -2.32. The number of carbonyl (C=O) groups excluding carboxylic acids is 1. The molecule has 2 aromatic rings. The van der Waals surface area contributed by atoms with Crippen LogP contribution >= 0.6 is 0 Å². The van der Waals surface area contributed by atoms with Gasteiger partial charge in [-0.1, -0.05) is 60.7 Å². The number of hydrogen-bond acceptors (Lipinski definition) is 2. The fraction of sp³-hybridized carbons (Fsp3) is 0.278. The molecule has 0 bridgehead atoms. The van der Waals surface area contributed by atoms with Crippen LogP contribution in [0.5, 0.6) is 0 Å². The maximum Gasteiger partial charge on any atom is 0.261 e. The van der Waals surface area contributed by atoms with Crippen molar-refractivity contribution in [1.29, 1.82) is 0 Å². The Morgan fingerprint density at radius 3 is 1.57 bits per heavy atom. The van der Waals surface area contributed by atoms with Gasteiger partial charge < -0.3 is 10.4 Å². The molecular formula is C18H21NO2. The van der Waals surface area contributed by atoms with E-state index in [0.29, 0.717) is 11.1 Å². The van der Waals surface area contributed by atoms with E-state index in [4.69, 9.17) is 0 Å². The molecule has 2 N–H and O–H groups in total. The SMILES string of the molecule is CC(C)(C)NC(=O)C(O)(c1ccccc1)c1ccccc1. The molecule has 0 atom stereocenters. The van der Waals surface area contributed by atoms with Crippen LogP contribution in [-0.4, -0.2) is 16.6 Å². The Hall–Kier alpha value is -2.13. The number of amides is 1. The summed E-state index contributed by atoms with van der Waals surface area (Å²) in [6, 6.07) is 18.0. The van der Waals surface area contributed by atoms with Crippen molar-refractivity contribution in [3.8, 4) is 0 Å². The Balaban J connectivity index is 2.53. The lowest BCUT2D eigenvalue weighted by molar-refractivity contribution is -0.138. The predicted molar refractivity (Wildman–Crippen MR) is 83.8 cm³/mol. The lowest BCUT2D eigenvalue weighted by Crippen LogP contribution is -2.51. The van der Waals surface area contributed by atoms with E-state index in [9.17, 15) is 9.90 Å². The Morgan fingerprint density at radius 2 is 1.24 bits per heavy atom. The molecule has 2 aromatic carbocycles. The third-order valence-corrected chi connectivity index (χ3v) is 3.20. The van der Waals surface area contributed by atoms with Crippen molar-refractivity contribution in [1.82, 2.24) is 5.32 Å². The van der Waals surface area contributed by atoms with Crippen LogP contribution in [-0.2, 0) is 10.4 Å². The summed E-state index contributed by atoms with van der Waals surface area (Å²) in [6.45, 7) is 5.67. The summed E-state index contributed by atoms with van der Waals surface area (Å²) in [5, 5.41) is 14.0. The van der Waals surface area contributed by atoms with E-state index in [1.165, 1.54) is 0 Å². The molecule has 0 aliphatic rings. The molecule has 0 unspecified atom stereocenters. The average molecular weight is 283 g/mol. The second-order valence-corrected chi connectivity index (χ2v) is 6.15. The van der Waals surface area contributed by atoms with Crippen LogP contribution in [0.25, 0.3) is 0 Å². The average Bonchev–Trinajstić information content (AvgIpc) is 2.46. The third kappa shape index (κ3) is 3.31. The van der Waals surface area contributed by atoms with Crippen molar-refractivity contribution in [3.05, 3.63) is 71.8 Å². The van der Waals surface area contributed by atoms with Gasteiger partial charge in [-0.15, -0.1) is 0 Å². The second-order valence-electron chi connectivity index (χ2n) is 6.15. The molecule has 0 aliphatic carbocycles. The maximum atomic E-state index is 12.7. The van der Waals surface area contributed by atoms with Gasteiger partial charge in [0.2, 0.25) is 0 Å². The normalized spacial score (nSPS) is 12.0. The van der Waals surface area contributed by atoms with Crippen molar-refractivity contribution in [2.24, 2.45) is 0 Å². The van der Waals surface area contributed by atoms with Crippen molar-refractivity contribution < 1.29 is 9.90 Å². The monoisotopic (exact) mass is 283 g/mol. The minimum atomic E-state index is -1.70. The number of aliphatic hydroxyl groups is 1. The highest BCUT2D eigenvalue weighted by Gasteiger charge is 2.41. The second kappa shape index (κ2) is 5.70. The molecule has 0 aromatic heterocycles. The summed E-state index contributed by atoms with van der Waals surface area (Å²) >= 11 is 0. The minimum absolute atomic E-state index is 0.422. The molecular weight excluding hydrogens is 262 g/mol. The standard InChI is InChI=1S/C18H21NO2/c1-17(2,3)19-16(20)18(21,14-10-6-4-7-11-14)15-12-8-5-9-13-15/h4-13,21H,1-3H3,(H,19,20). The predicted octanol–water partition coefficient (Wildman–Crippen LogP) is 2.84. The summed E-state index contributed by atoms with van der Waals surface area (Å²) in [4.78, 5) is 12.7. The van der Waals surface area contributed by atoms with E-state index in [0.717, 1.165) is 0 Å². The first-order valence-corrected chi connectivity index (χ1v) is 7.00. The van der Waals surface area contributed by atoms with Crippen LogP contribution in [0, 0.1) is 0 Å². The van der Waals surface area contributed by atoms with Gasteiger partial charge in [0.25, 0.3) is 5.91 Å². The quantitative estimate of drug-likeness (QED) is 0.910. The summed E-state index contributed by atoms with van der Waals surface area (Å²) in [7, 11) is 0. The highest BCUT2D eigenvalue weighted by molar-refractivity contribution is 5.90. The molecule has 0 heterocycles. The number of benzene rings is 2. The van der Waals surface area contributed by atoms with Gasteiger partial charge in [-0.25, -0.2) is 0 Å². The summed E-state index contributed by atoms with van der Waals surface area (Å²) < 4.78 is 0. The molecule has 0 aliphatic heterocycles. The number of carbonyl (C=O) groups is 1. The first kappa shape index (κ1) is 15.3. The molecule has 0 spiro atoms. The molecule has 0 radical (unpaired) electrons. The van der Waals surface area contributed by atoms with E-state index in [2.05, 4.69) is 5.32 Å². The zero-order valence-electron chi connectivity index (χ0n) is 12.6. The largest absolute Gasteiger partial charge is 0.372 e. The van der Waals surface area contributed by atoms with Crippen molar-refractivity contribution in [3.63, 3.8) is 0 Å². The first-order valence-electron chi connectivity index (χ1n) is 7.00. The number of hydrogen-bond donors (Lipinski definition) is 2. The Labute approximate surface area is 125 Å². The summed E-state index contributed by atoms with van der Waals surface area (Å²) in [5.74, 6) is -0.424. The highest BCUT2D eigenvalue weighted by Crippen LogP contribution is 2.30. The van der Waals surface area contributed by atoms with Crippen molar-refractivity contribution >= 4 is 5.91 Å². The molecule has 2 rings (SSSR count). The van der Waals surface area contributed by atoms with Gasteiger partial charge in [-0.05, 0) is 31.9 Å². The molecule has 0 saturated heterocycles. The molecule has 3 heteroatoms. The van der Waals surface area contributed by atoms with Gasteiger partial charge in [0.15, 0.2) is 5.60 Å². The summed E-state index contributed by atoms with van der Waals surface area (Å²) in [5.41, 5.74) is -1.01. The van der Waals surface area contributed by atoms with Crippen LogP contribution in [0.1, 0.15) is 31.9 Å². The van der Waals surface area contributed by atoms with E-state index in [-0.39, 0.29) is 0 Å². The topological polar surface area (TPSA) is 49.3 Å². The molecule has 3 nitrogen and oxygen atoms in total. The molecule has 0 saturated carbocycles. The van der Waals surface area contributed by atoms with Gasteiger partial charge >= 0.3 is 0 Å². The summed E-state index contributed by atoms with van der Waals surface area (Å²) in [6.07, 6.45) is 0. The van der Waals surface area contributed by atoms with Crippen LogP contribution in [0.3, 0.4) is 0 Å². The van der Waals surface area contributed by atoms with Crippen molar-refractivity contribution in [2.45, 2.75) is 31.9 Å². The fourth-order valence-corrected chi connectivity index (χ4v) is 2.22. The maximum absolute atomic E-state index is 12.7. The van der Waals surface area contributed by atoms with Gasteiger partial charge in [0.05, 0.1) is 0 Å². The van der Waals surface area contributed by atoms with E-state index < -0.39 is 17.0 Å². The number of nitrogens with one attached hydrogen (secondary N) is 1. The fourth-order valence-electron chi connectivity index (χ4n) is 2.22. The molecule has 21 heavy (non-hydrogen) atoms. The Kier molecular flexibility index (Phi) is 4.14.